The van der Waals surface area contributed by atoms with Gasteiger partial charge in [-0.3, -0.25) is 14.6 Å². The smallest absolute Gasteiger partial charge is 0.345 e. The molecule has 2 N–H and O–H groups in total. The second-order valence-corrected chi connectivity index (χ2v) is 12.1. The first kappa shape index (κ1) is 29.4. The maximum Gasteiger partial charge on any atom is 0.416 e. The van der Waals surface area contributed by atoms with Gasteiger partial charge in [0.2, 0.25) is 0 Å². The Morgan fingerprint density at radius 2 is 1.81 bits per heavy atom. The summed E-state index contributed by atoms with van der Waals surface area (Å²) in [6.07, 6.45) is -1.61. The third-order valence-electron chi connectivity index (χ3n) is 8.50. The zero-order chi connectivity index (χ0) is 30.3. The molecule has 1 atom stereocenters. The van der Waals surface area contributed by atoms with Crippen molar-refractivity contribution in [3.63, 3.8) is 0 Å². The highest BCUT2D eigenvalue weighted by molar-refractivity contribution is 6.46. The molecule has 0 bridgehead atoms. The highest BCUT2D eigenvalue weighted by Gasteiger charge is 2.52. The van der Waals surface area contributed by atoms with Crippen molar-refractivity contribution >= 4 is 17.5 Å². The molecule has 1 fully saturated rings. The first-order valence-corrected chi connectivity index (χ1v) is 14.0. The lowest BCUT2D eigenvalue weighted by Gasteiger charge is -2.46. The number of alkyl halides is 3. The fourth-order valence-corrected chi connectivity index (χ4v) is 6.06. The van der Waals surface area contributed by atoms with Crippen molar-refractivity contribution in [1.29, 1.82) is 0 Å². The molecule has 1 aliphatic carbocycles. The summed E-state index contributed by atoms with van der Waals surface area (Å²) in [5, 5.41) is 16.1. The van der Waals surface area contributed by atoms with Crippen molar-refractivity contribution in [1.82, 2.24) is 30.8 Å². The number of nitrogens with one attached hydrogen (secondary N) is 2. The maximum absolute atomic E-state index is 14.0. The molecule has 5 rings (SSSR count). The highest BCUT2D eigenvalue weighted by atomic mass is 19.4. The summed E-state index contributed by atoms with van der Waals surface area (Å²) in [5.41, 5.74) is -0.160. The monoisotopic (exact) mass is 581 g/mol. The van der Waals surface area contributed by atoms with E-state index < -0.39 is 29.4 Å². The number of H-pyrrole nitrogens is 1. The number of aliphatic imine (C=N–C) groups is 1. The van der Waals surface area contributed by atoms with Crippen LogP contribution in [0.1, 0.15) is 92.3 Å². The summed E-state index contributed by atoms with van der Waals surface area (Å²) >= 11 is 0. The molecule has 1 saturated carbocycles. The molecule has 42 heavy (non-hydrogen) atoms. The van der Waals surface area contributed by atoms with Gasteiger partial charge in [0, 0.05) is 11.1 Å². The van der Waals surface area contributed by atoms with Crippen LogP contribution < -0.4 is 5.32 Å². The predicted octanol–water partition coefficient (Wildman–Crippen LogP) is 5.47. The van der Waals surface area contributed by atoms with E-state index in [0.29, 0.717) is 30.1 Å². The van der Waals surface area contributed by atoms with Crippen LogP contribution >= 0.6 is 0 Å². The van der Waals surface area contributed by atoms with E-state index in [1.165, 1.54) is 12.1 Å². The molecule has 1 spiro atoms. The van der Waals surface area contributed by atoms with Gasteiger partial charge in [-0.15, -0.1) is 10.2 Å². The van der Waals surface area contributed by atoms with Crippen molar-refractivity contribution in [2.45, 2.75) is 77.8 Å². The van der Waals surface area contributed by atoms with Crippen molar-refractivity contribution in [2.24, 2.45) is 16.3 Å². The number of aromatic nitrogens is 4. The van der Waals surface area contributed by atoms with E-state index >= 15 is 0 Å². The molecular weight excluding hydrogens is 547 g/mol. The number of tetrazole rings is 1. The van der Waals surface area contributed by atoms with Gasteiger partial charge in [0.15, 0.2) is 5.82 Å². The van der Waals surface area contributed by atoms with E-state index in [4.69, 9.17) is 4.99 Å². The van der Waals surface area contributed by atoms with Crippen LogP contribution in [0.2, 0.25) is 0 Å². The van der Waals surface area contributed by atoms with Gasteiger partial charge < -0.3 is 10.2 Å². The van der Waals surface area contributed by atoms with Crippen molar-refractivity contribution in [3.05, 3.63) is 76.6 Å². The molecule has 1 unspecified atom stereocenters. The number of rotatable bonds is 6. The number of halogens is 3. The summed E-state index contributed by atoms with van der Waals surface area (Å²) in [6.45, 7) is 8.61. The average molecular weight is 582 g/mol. The van der Waals surface area contributed by atoms with Gasteiger partial charge in [0.1, 0.15) is 11.4 Å². The topological polar surface area (TPSA) is 116 Å². The van der Waals surface area contributed by atoms with E-state index in [2.05, 4.69) is 46.7 Å². The Balaban J connectivity index is 1.43. The van der Waals surface area contributed by atoms with Crippen LogP contribution in [0.15, 0.2) is 53.5 Å². The number of carbonyl (C=O) groups excluding carboxylic acids is 2. The summed E-state index contributed by atoms with van der Waals surface area (Å²) < 4.78 is 40.5. The Kier molecular flexibility index (Phi) is 7.67. The van der Waals surface area contributed by atoms with Crippen LogP contribution in [-0.2, 0) is 17.5 Å². The Morgan fingerprint density at radius 3 is 2.40 bits per heavy atom. The van der Waals surface area contributed by atoms with Crippen LogP contribution in [0.25, 0.3) is 0 Å². The number of amides is 2. The van der Waals surface area contributed by atoms with Crippen LogP contribution in [-0.4, -0.2) is 48.7 Å². The Hall–Kier alpha value is -4.09. The fraction of sp³-hybridized carbons (Fsp3) is 0.467. The van der Waals surface area contributed by atoms with E-state index in [1.807, 2.05) is 6.92 Å². The van der Waals surface area contributed by atoms with Crippen molar-refractivity contribution in [3.8, 4) is 0 Å². The number of nitrogens with zero attached hydrogens (tertiary/aromatic N) is 5. The molecule has 2 heterocycles. The number of hydrogen-bond acceptors (Lipinski definition) is 6. The van der Waals surface area contributed by atoms with Gasteiger partial charge in [-0.1, -0.05) is 50.3 Å². The van der Waals surface area contributed by atoms with Gasteiger partial charge in [-0.2, -0.15) is 18.4 Å². The molecule has 0 radical (unpaired) electrons. The van der Waals surface area contributed by atoms with Crippen LogP contribution in [0, 0.1) is 11.3 Å². The minimum absolute atomic E-state index is 0.0552. The summed E-state index contributed by atoms with van der Waals surface area (Å²) in [6, 6.07) is 11.3. The van der Waals surface area contributed by atoms with E-state index in [-0.39, 0.29) is 29.1 Å². The third-order valence-corrected chi connectivity index (χ3v) is 8.50. The van der Waals surface area contributed by atoms with E-state index in [0.717, 1.165) is 30.5 Å². The zero-order valence-corrected chi connectivity index (χ0v) is 24.0. The highest BCUT2D eigenvalue weighted by Crippen LogP contribution is 2.49. The number of carbonyl (C=O) groups is 2. The molecule has 1 aliphatic heterocycles. The Labute approximate surface area is 242 Å². The standard InChI is InChI=1S/C30H34F3N7O2/c1-18(19-8-10-20(11-9-19)26(41)34-17-24-36-38-39-37-24)40-27(42)25(21-6-5-7-23(16-21)30(31,32)33)35-29(40)14-12-22(13-15-29)28(2,3)4/h5-11,16,18,22H,12-15,17H2,1-4H3,(H,34,41)(H,36,37,38,39). The first-order chi connectivity index (χ1) is 19.8. The van der Waals surface area contributed by atoms with Crippen LogP contribution in [0.3, 0.4) is 0 Å². The minimum Gasteiger partial charge on any atom is -0.345 e. The lowest BCUT2D eigenvalue weighted by Crippen LogP contribution is -2.50. The lowest BCUT2D eigenvalue weighted by molar-refractivity contribution is -0.137. The molecule has 222 valence electrons. The Morgan fingerprint density at radius 1 is 1.12 bits per heavy atom. The Bertz CT molecular complexity index is 1470. The van der Waals surface area contributed by atoms with Crippen molar-refractivity contribution < 1.29 is 22.8 Å². The van der Waals surface area contributed by atoms with Crippen molar-refractivity contribution in [2.75, 3.05) is 0 Å². The van der Waals surface area contributed by atoms with Gasteiger partial charge >= 0.3 is 6.18 Å². The van der Waals surface area contributed by atoms with Crippen LogP contribution in [0.4, 0.5) is 13.2 Å². The summed E-state index contributed by atoms with van der Waals surface area (Å²) in [4.78, 5) is 33.3. The molecule has 12 heteroatoms. The van der Waals surface area contributed by atoms with Gasteiger partial charge in [-0.25, -0.2) is 0 Å². The van der Waals surface area contributed by atoms with Gasteiger partial charge in [0.25, 0.3) is 11.8 Å². The van der Waals surface area contributed by atoms with Gasteiger partial charge in [-0.05, 0) is 73.8 Å². The largest absolute Gasteiger partial charge is 0.416 e. The van der Waals surface area contributed by atoms with Crippen LogP contribution in [0.5, 0.6) is 0 Å². The number of benzene rings is 2. The molecule has 2 amide bonds. The maximum atomic E-state index is 14.0. The molecule has 0 saturated heterocycles. The molecule has 2 aliphatic rings. The molecule has 9 nitrogen and oxygen atoms in total. The summed E-state index contributed by atoms with van der Waals surface area (Å²) in [5.74, 6) is 0.0824. The number of hydrogen-bond donors (Lipinski definition) is 2. The van der Waals surface area contributed by atoms with E-state index in [9.17, 15) is 22.8 Å². The lowest BCUT2D eigenvalue weighted by atomic mass is 9.69. The normalized spacial score (nSPS) is 21.9. The van der Waals surface area contributed by atoms with E-state index in [1.54, 1.807) is 29.2 Å². The quantitative estimate of drug-likeness (QED) is 0.400. The molecule has 1 aromatic heterocycles. The zero-order valence-electron chi connectivity index (χ0n) is 24.0. The SMILES string of the molecule is CC(c1ccc(C(=O)NCc2nn[nH]n2)cc1)N1C(=O)C(c2cccc(C(F)(F)F)c2)=NC12CCC(C(C)(C)C)CC2. The fourth-order valence-electron chi connectivity index (χ4n) is 6.06. The molecule has 3 aromatic rings. The summed E-state index contributed by atoms with van der Waals surface area (Å²) in [7, 11) is 0. The second-order valence-electron chi connectivity index (χ2n) is 12.1. The molecular formula is C30H34F3N7O2. The minimum atomic E-state index is -4.53. The first-order valence-electron chi connectivity index (χ1n) is 14.0. The second kappa shape index (κ2) is 11.0. The molecule has 2 aromatic carbocycles. The number of aromatic amines is 1. The average Bonchev–Trinajstić information content (AvgIpc) is 3.57. The third kappa shape index (κ3) is 5.79. The van der Waals surface area contributed by atoms with Gasteiger partial charge in [0.05, 0.1) is 18.2 Å². The predicted molar refractivity (Wildman–Crippen MR) is 149 cm³/mol.